The molecule has 0 saturated heterocycles. The topological polar surface area (TPSA) is 57.5 Å². The van der Waals surface area contributed by atoms with E-state index in [0.29, 0.717) is 5.56 Å². The number of rotatable bonds is 12. The van der Waals surface area contributed by atoms with Crippen LogP contribution in [0.2, 0.25) is 0 Å². The molecule has 2 N–H and O–H groups in total. The van der Waals surface area contributed by atoms with E-state index in [1.54, 1.807) is 18.2 Å². The SMILES string of the molecule is O=C(O)c1ccccc1CCCCCCCCC/C=C\CO. The van der Waals surface area contributed by atoms with Crippen LogP contribution in [0, 0.1) is 0 Å². The van der Waals surface area contributed by atoms with Crippen LogP contribution in [0.1, 0.15) is 67.3 Å². The third-order valence-electron chi connectivity index (χ3n) is 3.84. The summed E-state index contributed by atoms with van der Waals surface area (Å²) in [5.41, 5.74) is 1.39. The lowest BCUT2D eigenvalue weighted by Gasteiger charge is -2.06. The zero-order chi connectivity index (χ0) is 16.0. The van der Waals surface area contributed by atoms with Crippen LogP contribution in [0.15, 0.2) is 36.4 Å². The van der Waals surface area contributed by atoms with Gasteiger partial charge in [-0.05, 0) is 37.3 Å². The molecule has 0 spiro atoms. The number of unbranched alkanes of at least 4 members (excludes halogenated alkanes) is 7. The maximum atomic E-state index is 11.1. The van der Waals surface area contributed by atoms with Crippen LogP contribution in [-0.4, -0.2) is 22.8 Å². The third kappa shape index (κ3) is 7.99. The predicted molar refractivity (Wildman–Crippen MR) is 90.3 cm³/mol. The van der Waals surface area contributed by atoms with Crippen molar-refractivity contribution in [3.8, 4) is 0 Å². The van der Waals surface area contributed by atoms with Gasteiger partial charge in [0.1, 0.15) is 0 Å². The summed E-state index contributed by atoms with van der Waals surface area (Å²) in [7, 11) is 0. The molecule has 3 nitrogen and oxygen atoms in total. The van der Waals surface area contributed by atoms with Gasteiger partial charge in [-0.15, -0.1) is 0 Å². The molecule has 0 aliphatic rings. The van der Waals surface area contributed by atoms with E-state index in [4.69, 9.17) is 10.2 Å². The van der Waals surface area contributed by atoms with Gasteiger partial charge < -0.3 is 10.2 Å². The molecule has 0 aliphatic carbocycles. The maximum Gasteiger partial charge on any atom is 0.335 e. The van der Waals surface area contributed by atoms with Crippen LogP contribution in [0.25, 0.3) is 0 Å². The number of allylic oxidation sites excluding steroid dienone is 1. The van der Waals surface area contributed by atoms with E-state index in [9.17, 15) is 4.79 Å². The molecule has 1 aromatic rings. The van der Waals surface area contributed by atoms with Crippen molar-refractivity contribution in [3.05, 3.63) is 47.5 Å². The molecule has 0 aliphatic heterocycles. The summed E-state index contributed by atoms with van der Waals surface area (Å²) in [6.45, 7) is 0.144. The number of benzene rings is 1. The number of carboxylic acid groups (broad SMARTS) is 1. The fourth-order valence-electron chi connectivity index (χ4n) is 2.60. The van der Waals surface area contributed by atoms with Gasteiger partial charge in [-0.25, -0.2) is 4.79 Å². The van der Waals surface area contributed by atoms with Gasteiger partial charge >= 0.3 is 5.97 Å². The quantitative estimate of drug-likeness (QED) is 0.438. The van der Waals surface area contributed by atoms with Crippen molar-refractivity contribution in [1.29, 1.82) is 0 Å². The smallest absolute Gasteiger partial charge is 0.335 e. The Bertz CT molecular complexity index is 452. The van der Waals surface area contributed by atoms with Crippen molar-refractivity contribution in [2.24, 2.45) is 0 Å². The summed E-state index contributed by atoms with van der Waals surface area (Å²) in [5, 5.41) is 17.7. The summed E-state index contributed by atoms with van der Waals surface area (Å²) in [5.74, 6) is -0.828. The summed E-state index contributed by atoms with van der Waals surface area (Å²) in [4.78, 5) is 11.1. The van der Waals surface area contributed by atoms with Gasteiger partial charge in [0.05, 0.1) is 12.2 Å². The largest absolute Gasteiger partial charge is 0.478 e. The van der Waals surface area contributed by atoms with Gasteiger partial charge in [-0.3, -0.25) is 0 Å². The number of hydrogen-bond donors (Lipinski definition) is 2. The maximum absolute atomic E-state index is 11.1. The van der Waals surface area contributed by atoms with Crippen molar-refractivity contribution in [3.63, 3.8) is 0 Å². The Morgan fingerprint density at radius 2 is 1.55 bits per heavy atom. The number of aliphatic hydroxyl groups is 1. The number of hydrogen-bond acceptors (Lipinski definition) is 2. The Morgan fingerprint density at radius 1 is 0.909 bits per heavy atom. The molecule has 0 heterocycles. The van der Waals surface area contributed by atoms with E-state index in [2.05, 4.69) is 0 Å². The van der Waals surface area contributed by atoms with Crippen LogP contribution in [-0.2, 0) is 6.42 Å². The second-order valence-corrected chi connectivity index (χ2v) is 5.63. The number of aromatic carboxylic acids is 1. The normalized spacial score (nSPS) is 11.1. The van der Waals surface area contributed by atoms with Crippen molar-refractivity contribution >= 4 is 5.97 Å². The molecule has 0 aromatic heterocycles. The first-order valence-electron chi connectivity index (χ1n) is 8.32. The average molecular weight is 304 g/mol. The Morgan fingerprint density at radius 3 is 2.23 bits per heavy atom. The number of aliphatic hydroxyl groups excluding tert-OH is 1. The molecule has 0 atom stereocenters. The molecule has 1 aromatic carbocycles. The van der Waals surface area contributed by atoms with E-state index in [-0.39, 0.29) is 6.61 Å². The fraction of sp³-hybridized carbons (Fsp3) is 0.526. The van der Waals surface area contributed by atoms with E-state index < -0.39 is 5.97 Å². The highest BCUT2D eigenvalue weighted by Gasteiger charge is 2.07. The molecule has 22 heavy (non-hydrogen) atoms. The highest BCUT2D eigenvalue weighted by molar-refractivity contribution is 5.89. The second kappa shape index (κ2) is 12.0. The zero-order valence-corrected chi connectivity index (χ0v) is 13.3. The van der Waals surface area contributed by atoms with Gasteiger partial charge in [0.2, 0.25) is 0 Å². The first-order valence-corrected chi connectivity index (χ1v) is 8.32. The van der Waals surface area contributed by atoms with Gasteiger partial charge in [-0.1, -0.05) is 62.5 Å². The number of carbonyl (C=O) groups is 1. The summed E-state index contributed by atoms with van der Waals surface area (Å²) < 4.78 is 0. The van der Waals surface area contributed by atoms with E-state index in [1.807, 2.05) is 18.2 Å². The molecular weight excluding hydrogens is 276 g/mol. The molecule has 0 bridgehead atoms. The highest BCUT2D eigenvalue weighted by Crippen LogP contribution is 2.14. The molecule has 0 amide bonds. The Labute approximate surface area is 133 Å². The van der Waals surface area contributed by atoms with E-state index in [1.165, 1.54) is 38.5 Å². The minimum absolute atomic E-state index is 0.144. The lowest BCUT2D eigenvalue weighted by molar-refractivity contribution is 0.0695. The van der Waals surface area contributed by atoms with Gasteiger partial charge in [0, 0.05) is 0 Å². The van der Waals surface area contributed by atoms with E-state index in [0.717, 1.165) is 24.8 Å². The number of aryl methyl sites for hydroxylation is 1. The Kier molecular flexibility index (Phi) is 10.0. The van der Waals surface area contributed by atoms with Gasteiger partial charge in [0.25, 0.3) is 0 Å². The summed E-state index contributed by atoms with van der Waals surface area (Å²) in [6.07, 6.45) is 14.2. The van der Waals surface area contributed by atoms with Crippen LogP contribution >= 0.6 is 0 Å². The Balaban J connectivity index is 2.04. The number of carboxylic acids is 1. The first kappa shape index (κ1) is 18.4. The van der Waals surface area contributed by atoms with Crippen molar-refractivity contribution in [2.75, 3.05) is 6.61 Å². The molecule has 0 radical (unpaired) electrons. The van der Waals surface area contributed by atoms with Crippen molar-refractivity contribution in [2.45, 2.75) is 57.8 Å². The second-order valence-electron chi connectivity index (χ2n) is 5.63. The summed E-state index contributed by atoms with van der Waals surface area (Å²) in [6, 6.07) is 7.29. The third-order valence-corrected chi connectivity index (χ3v) is 3.84. The minimum atomic E-state index is -0.828. The van der Waals surface area contributed by atoms with Crippen LogP contribution in [0.4, 0.5) is 0 Å². The molecule has 0 fully saturated rings. The van der Waals surface area contributed by atoms with Crippen molar-refractivity contribution in [1.82, 2.24) is 0 Å². The molecular formula is C19H28O3. The highest BCUT2D eigenvalue weighted by atomic mass is 16.4. The first-order chi connectivity index (χ1) is 10.8. The zero-order valence-electron chi connectivity index (χ0n) is 13.3. The lowest BCUT2D eigenvalue weighted by Crippen LogP contribution is -2.02. The summed E-state index contributed by atoms with van der Waals surface area (Å²) >= 11 is 0. The molecule has 0 unspecified atom stereocenters. The molecule has 0 saturated carbocycles. The molecule has 1 rings (SSSR count). The lowest BCUT2D eigenvalue weighted by atomic mass is 10.0. The minimum Gasteiger partial charge on any atom is -0.478 e. The standard InChI is InChI=1S/C19H28O3/c20-16-12-8-6-4-2-1-3-5-7-9-13-17-14-10-11-15-18(17)19(21)22/h8,10-12,14-15,20H,1-7,9,13,16H2,(H,21,22)/b12-8-. The van der Waals surface area contributed by atoms with Crippen LogP contribution < -0.4 is 0 Å². The monoisotopic (exact) mass is 304 g/mol. The Hall–Kier alpha value is -1.61. The van der Waals surface area contributed by atoms with E-state index >= 15 is 0 Å². The predicted octanol–water partition coefficient (Wildman–Crippen LogP) is 4.60. The molecule has 3 heteroatoms. The van der Waals surface area contributed by atoms with Crippen LogP contribution in [0.5, 0.6) is 0 Å². The van der Waals surface area contributed by atoms with Gasteiger partial charge in [-0.2, -0.15) is 0 Å². The molecule has 122 valence electrons. The van der Waals surface area contributed by atoms with Crippen LogP contribution in [0.3, 0.4) is 0 Å². The fourth-order valence-corrected chi connectivity index (χ4v) is 2.60. The average Bonchev–Trinajstić information content (AvgIpc) is 2.53. The van der Waals surface area contributed by atoms with Gasteiger partial charge in [0.15, 0.2) is 0 Å². The van der Waals surface area contributed by atoms with Crippen molar-refractivity contribution < 1.29 is 15.0 Å².